The van der Waals surface area contributed by atoms with Gasteiger partial charge >= 0.3 is 0 Å². The molecule has 0 aliphatic carbocycles. The lowest BCUT2D eigenvalue weighted by molar-refractivity contribution is -0.118. The molecule has 1 aliphatic rings. The van der Waals surface area contributed by atoms with E-state index in [1.54, 1.807) is 0 Å². The van der Waals surface area contributed by atoms with Gasteiger partial charge in [0.2, 0.25) is 5.91 Å². The monoisotopic (exact) mass is 324 g/mol. The van der Waals surface area contributed by atoms with Crippen molar-refractivity contribution < 1.29 is 4.79 Å². The lowest BCUT2D eigenvalue weighted by Gasteiger charge is -2.48. The van der Waals surface area contributed by atoms with Crippen LogP contribution in [0.2, 0.25) is 0 Å². The Balaban J connectivity index is 1.99. The largest absolute Gasteiger partial charge is 0.370 e. The summed E-state index contributed by atoms with van der Waals surface area (Å²) in [6.07, 6.45) is 6.12. The van der Waals surface area contributed by atoms with E-state index in [1.807, 2.05) is 0 Å². The molecule has 3 heteroatoms. The Bertz CT molecular complexity index is 707. The minimum absolute atomic E-state index is 0.0801. The summed E-state index contributed by atoms with van der Waals surface area (Å²) in [5, 5.41) is 2.68. The first kappa shape index (κ1) is 17.0. The zero-order chi connectivity index (χ0) is 17.0. The number of hydrogen-bond acceptors (Lipinski definition) is 2. The van der Waals surface area contributed by atoms with Gasteiger partial charge in [0.1, 0.15) is 0 Å². The summed E-state index contributed by atoms with van der Waals surface area (Å²) in [4.78, 5) is 13.7. The first-order chi connectivity index (χ1) is 11.7. The standard InChI is InChI=1S/C21H28N2O/c1-2-21(14-5-6-15-23(21)16-8-13-20(22)24)19-12-7-10-17-9-3-4-11-18(17)19/h3-4,7,9-12H,2,5-6,8,13-16H2,1H3,(H2,22,24). The predicted octanol–water partition coefficient (Wildman–Crippen LogP) is 4.20. The molecular weight excluding hydrogens is 296 g/mol. The van der Waals surface area contributed by atoms with Crippen LogP contribution < -0.4 is 5.73 Å². The van der Waals surface area contributed by atoms with Crippen molar-refractivity contribution in [2.45, 2.75) is 51.0 Å². The van der Waals surface area contributed by atoms with Crippen LogP contribution in [-0.2, 0) is 10.3 Å². The average molecular weight is 324 g/mol. The molecule has 0 spiro atoms. The minimum Gasteiger partial charge on any atom is -0.370 e. The van der Waals surface area contributed by atoms with Crippen LogP contribution in [0.5, 0.6) is 0 Å². The summed E-state index contributed by atoms with van der Waals surface area (Å²) in [5.41, 5.74) is 6.86. The van der Waals surface area contributed by atoms with Gasteiger partial charge in [-0.25, -0.2) is 0 Å². The number of carbonyl (C=O) groups is 1. The van der Waals surface area contributed by atoms with Gasteiger partial charge in [0.25, 0.3) is 0 Å². The second kappa shape index (κ2) is 7.35. The Kier molecular flexibility index (Phi) is 5.20. The molecule has 3 nitrogen and oxygen atoms in total. The molecule has 1 amide bonds. The number of rotatable bonds is 6. The fraction of sp³-hybridized carbons (Fsp3) is 0.476. The molecule has 1 aliphatic heterocycles. The molecule has 24 heavy (non-hydrogen) atoms. The Morgan fingerprint density at radius 3 is 2.75 bits per heavy atom. The number of piperidine rings is 1. The molecule has 0 bridgehead atoms. The second-order valence-corrected chi connectivity index (χ2v) is 6.93. The molecule has 1 unspecified atom stereocenters. The molecule has 128 valence electrons. The molecule has 0 aromatic heterocycles. The quantitative estimate of drug-likeness (QED) is 0.866. The number of amides is 1. The molecular formula is C21H28N2O. The highest BCUT2D eigenvalue weighted by atomic mass is 16.1. The topological polar surface area (TPSA) is 46.3 Å². The fourth-order valence-electron chi connectivity index (χ4n) is 4.39. The summed E-state index contributed by atoms with van der Waals surface area (Å²) >= 11 is 0. The van der Waals surface area contributed by atoms with Gasteiger partial charge in [-0.05, 0) is 61.5 Å². The molecule has 2 aromatic carbocycles. The van der Waals surface area contributed by atoms with E-state index in [1.165, 1.54) is 35.6 Å². The highest BCUT2D eigenvalue weighted by Crippen LogP contribution is 2.43. The Morgan fingerprint density at radius 1 is 1.17 bits per heavy atom. The highest BCUT2D eigenvalue weighted by Gasteiger charge is 2.39. The fourth-order valence-corrected chi connectivity index (χ4v) is 4.39. The Labute approximate surface area is 144 Å². The first-order valence-electron chi connectivity index (χ1n) is 9.19. The first-order valence-corrected chi connectivity index (χ1v) is 9.19. The van der Waals surface area contributed by atoms with Crippen molar-refractivity contribution in [1.82, 2.24) is 4.90 Å². The van der Waals surface area contributed by atoms with Crippen LogP contribution in [0.1, 0.15) is 51.0 Å². The zero-order valence-corrected chi connectivity index (χ0v) is 14.6. The molecule has 3 rings (SSSR count). The van der Waals surface area contributed by atoms with Crippen molar-refractivity contribution in [2.75, 3.05) is 13.1 Å². The Morgan fingerprint density at radius 2 is 1.96 bits per heavy atom. The maximum absolute atomic E-state index is 11.1. The summed E-state index contributed by atoms with van der Waals surface area (Å²) < 4.78 is 0. The van der Waals surface area contributed by atoms with Crippen LogP contribution in [0.25, 0.3) is 10.8 Å². The van der Waals surface area contributed by atoms with Crippen molar-refractivity contribution in [3.05, 3.63) is 48.0 Å². The van der Waals surface area contributed by atoms with E-state index < -0.39 is 0 Å². The summed E-state index contributed by atoms with van der Waals surface area (Å²) in [7, 11) is 0. The molecule has 1 fully saturated rings. The van der Waals surface area contributed by atoms with E-state index in [0.29, 0.717) is 6.42 Å². The zero-order valence-electron chi connectivity index (χ0n) is 14.6. The third-order valence-corrected chi connectivity index (χ3v) is 5.60. The highest BCUT2D eigenvalue weighted by molar-refractivity contribution is 5.86. The van der Waals surface area contributed by atoms with Crippen LogP contribution in [-0.4, -0.2) is 23.9 Å². The number of benzene rings is 2. The number of primary amides is 1. The van der Waals surface area contributed by atoms with Gasteiger partial charge < -0.3 is 5.73 Å². The maximum atomic E-state index is 11.1. The lowest BCUT2D eigenvalue weighted by atomic mass is 9.76. The number of fused-ring (bicyclic) bond motifs is 1. The Hall–Kier alpha value is -1.87. The van der Waals surface area contributed by atoms with Crippen molar-refractivity contribution in [2.24, 2.45) is 5.73 Å². The van der Waals surface area contributed by atoms with Gasteiger partial charge in [-0.1, -0.05) is 49.4 Å². The molecule has 1 atom stereocenters. The van der Waals surface area contributed by atoms with E-state index in [4.69, 9.17) is 5.73 Å². The lowest BCUT2D eigenvalue weighted by Crippen LogP contribution is -2.49. The van der Waals surface area contributed by atoms with Crippen molar-refractivity contribution in [1.29, 1.82) is 0 Å². The number of hydrogen-bond donors (Lipinski definition) is 1. The van der Waals surface area contributed by atoms with Gasteiger partial charge in [0.15, 0.2) is 0 Å². The number of carbonyl (C=O) groups excluding carboxylic acids is 1. The summed E-state index contributed by atoms with van der Waals surface area (Å²) in [6.45, 7) is 4.35. The summed E-state index contributed by atoms with van der Waals surface area (Å²) in [5.74, 6) is -0.195. The molecule has 0 saturated carbocycles. The van der Waals surface area contributed by atoms with Crippen LogP contribution in [0.15, 0.2) is 42.5 Å². The third-order valence-electron chi connectivity index (χ3n) is 5.60. The molecule has 1 heterocycles. The van der Waals surface area contributed by atoms with Gasteiger partial charge in [0, 0.05) is 12.0 Å². The number of nitrogens with zero attached hydrogens (tertiary/aromatic N) is 1. The molecule has 1 saturated heterocycles. The van der Waals surface area contributed by atoms with Gasteiger partial charge in [0.05, 0.1) is 0 Å². The SMILES string of the molecule is CCC1(c2cccc3ccccc23)CCCCN1CCCC(N)=O. The van der Waals surface area contributed by atoms with E-state index in [9.17, 15) is 4.79 Å². The average Bonchev–Trinajstić information content (AvgIpc) is 2.61. The van der Waals surface area contributed by atoms with Crippen LogP contribution in [0.4, 0.5) is 0 Å². The van der Waals surface area contributed by atoms with E-state index in [0.717, 1.165) is 25.9 Å². The van der Waals surface area contributed by atoms with E-state index in [-0.39, 0.29) is 11.4 Å². The smallest absolute Gasteiger partial charge is 0.217 e. The maximum Gasteiger partial charge on any atom is 0.217 e. The third kappa shape index (κ3) is 3.18. The van der Waals surface area contributed by atoms with Gasteiger partial charge in [-0.2, -0.15) is 0 Å². The predicted molar refractivity (Wildman–Crippen MR) is 99.8 cm³/mol. The molecule has 2 aromatic rings. The van der Waals surface area contributed by atoms with Gasteiger partial charge in [-0.3, -0.25) is 9.69 Å². The minimum atomic E-state index is -0.195. The van der Waals surface area contributed by atoms with Crippen molar-refractivity contribution >= 4 is 16.7 Å². The van der Waals surface area contributed by atoms with E-state index in [2.05, 4.69) is 54.3 Å². The second-order valence-electron chi connectivity index (χ2n) is 6.93. The molecule has 0 radical (unpaired) electrons. The molecule has 2 N–H and O–H groups in total. The van der Waals surface area contributed by atoms with Crippen molar-refractivity contribution in [3.8, 4) is 0 Å². The van der Waals surface area contributed by atoms with Crippen LogP contribution in [0, 0.1) is 0 Å². The van der Waals surface area contributed by atoms with Gasteiger partial charge in [-0.15, -0.1) is 0 Å². The van der Waals surface area contributed by atoms with E-state index >= 15 is 0 Å². The van der Waals surface area contributed by atoms with Crippen LogP contribution >= 0.6 is 0 Å². The number of nitrogens with two attached hydrogens (primary N) is 1. The summed E-state index contributed by atoms with van der Waals surface area (Å²) in [6, 6.07) is 15.4. The van der Waals surface area contributed by atoms with Crippen molar-refractivity contribution in [3.63, 3.8) is 0 Å². The normalized spacial score (nSPS) is 21.9. The van der Waals surface area contributed by atoms with Crippen LogP contribution in [0.3, 0.4) is 0 Å². The number of likely N-dealkylation sites (tertiary alicyclic amines) is 1.